The summed E-state index contributed by atoms with van der Waals surface area (Å²) >= 11 is 0. The van der Waals surface area contributed by atoms with Crippen molar-refractivity contribution < 1.29 is 0 Å². The third-order valence-electron chi connectivity index (χ3n) is 2.27. The molecular formula is C10H8N6. The summed E-state index contributed by atoms with van der Waals surface area (Å²) in [4.78, 5) is 8.26. The van der Waals surface area contributed by atoms with Gasteiger partial charge in [-0.15, -0.1) is 0 Å². The summed E-state index contributed by atoms with van der Waals surface area (Å²) in [5, 5.41) is 13.3. The first-order valence-electron chi connectivity index (χ1n) is 4.75. The maximum Gasteiger partial charge on any atom is 0.156 e. The second-order valence-corrected chi connectivity index (χ2v) is 3.21. The van der Waals surface area contributed by atoms with Crippen molar-refractivity contribution in [3.63, 3.8) is 0 Å². The number of H-pyrrole nitrogens is 2. The first kappa shape index (κ1) is 8.78. The van der Waals surface area contributed by atoms with Crippen LogP contribution in [0.3, 0.4) is 0 Å². The second kappa shape index (κ2) is 3.58. The van der Waals surface area contributed by atoms with Crippen molar-refractivity contribution in [3.8, 4) is 22.8 Å². The lowest BCUT2D eigenvalue weighted by Gasteiger charge is -2.02. The fraction of sp³-hybridized carbons (Fsp3) is 0. The number of hydrogen-bond acceptors (Lipinski definition) is 4. The van der Waals surface area contributed by atoms with Gasteiger partial charge in [0.15, 0.2) is 11.6 Å². The van der Waals surface area contributed by atoms with Crippen LogP contribution in [0.25, 0.3) is 22.8 Å². The average molecular weight is 212 g/mol. The van der Waals surface area contributed by atoms with E-state index in [4.69, 9.17) is 0 Å². The van der Waals surface area contributed by atoms with E-state index >= 15 is 0 Å². The third-order valence-corrected chi connectivity index (χ3v) is 2.27. The van der Waals surface area contributed by atoms with E-state index in [1.54, 1.807) is 0 Å². The van der Waals surface area contributed by atoms with E-state index in [0.717, 1.165) is 11.1 Å². The molecule has 3 aromatic rings. The molecule has 1 aromatic carbocycles. The Labute approximate surface area is 90.8 Å². The lowest BCUT2D eigenvalue weighted by atomic mass is 10.1. The molecule has 0 amide bonds. The SMILES string of the molecule is c1ccc(-c2ncn[nH]2)c(-c2ncn[nH]2)c1. The van der Waals surface area contributed by atoms with Crippen molar-refractivity contribution in [2.45, 2.75) is 0 Å². The van der Waals surface area contributed by atoms with Crippen LogP contribution in [-0.2, 0) is 0 Å². The maximum atomic E-state index is 4.13. The van der Waals surface area contributed by atoms with Crippen LogP contribution in [0, 0.1) is 0 Å². The van der Waals surface area contributed by atoms with Crippen LogP contribution in [0.5, 0.6) is 0 Å². The van der Waals surface area contributed by atoms with Crippen LogP contribution in [-0.4, -0.2) is 30.4 Å². The molecule has 0 bridgehead atoms. The van der Waals surface area contributed by atoms with Crippen LogP contribution >= 0.6 is 0 Å². The lowest BCUT2D eigenvalue weighted by Crippen LogP contribution is -1.88. The smallest absolute Gasteiger partial charge is 0.156 e. The predicted molar refractivity (Wildman–Crippen MR) is 57.2 cm³/mol. The Kier molecular flexibility index (Phi) is 1.96. The van der Waals surface area contributed by atoms with E-state index < -0.39 is 0 Å². The molecule has 0 aliphatic rings. The Morgan fingerprint density at radius 1 is 0.750 bits per heavy atom. The minimum absolute atomic E-state index is 0.715. The van der Waals surface area contributed by atoms with Crippen LogP contribution in [0.1, 0.15) is 0 Å². The van der Waals surface area contributed by atoms with Crippen molar-refractivity contribution in [2.24, 2.45) is 0 Å². The second-order valence-electron chi connectivity index (χ2n) is 3.21. The highest BCUT2D eigenvalue weighted by Crippen LogP contribution is 2.26. The number of nitrogens with one attached hydrogen (secondary N) is 2. The van der Waals surface area contributed by atoms with E-state index in [1.165, 1.54) is 12.7 Å². The number of aromatic nitrogens is 6. The highest BCUT2D eigenvalue weighted by Gasteiger charge is 2.10. The topological polar surface area (TPSA) is 83.1 Å². The Hall–Kier alpha value is -2.50. The number of hydrogen-bond donors (Lipinski definition) is 2. The van der Waals surface area contributed by atoms with Gasteiger partial charge in [0.2, 0.25) is 0 Å². The fourth-order valence-corrected chi connectivity index (χ4v) is 1.57. The zero-order chi connectivity index (χ0) is 10.8. The van der Waals surface area contributed by atoms with Gasteiger partial charge in [-0.2, -0.15) is 10.2 Å². The van der Waals surface area contributed by atoms with E-state index in [-0.39, 0.29) is 0 Å². The van der Waals surface area contributed by atoms with Gasteiger partial charge in [0.25, 0.3) is 0 Å². The molecule has 16 heavy (non-hydrogen) atoms. The van der Waals surface area contributed by atoms with Crippen LogP contribution < -0.4 is 0 Å². The van der Waals surface area contributed by atoms with Gasteiger partial charge in [-0.25, -0.2) is 9.97 Å². The first-order valence-corrected chi connectivity index (χ1v) is 4.75. The molecule has 2 N–H and O–H groups in total. The number of nitrogens with zero attached hydrogens (tertiary/aromatic N) is 4. The summed E-state index contributed by atoms with van der Waals surface area (Å²) < 4.78 is 0. The van der Waals surface area contributed by atoms with Crippen molar-refractivity contribution >= 4 is 0 Å². The van der Waals surface area contributed by atoms with E-state index in [2.05, 4.69) is 30.4 Å². The molecule has 0 saturated carbocycles. The lowest BCUT2D eigenvalue weighted by molar-refractivity contribution is 1.09. The molecular weight excluding hydrogens is 204 g/mol. The molecule has 0 spiro atoms. The van der Waals surface area contributed by atoms with Gasteiger partial charge >= 0.3 is 0 Å². The van der Waals surface area contributed by atoms with Crippen molar-refractivity contribution in [1.29, 1.82) is 0 Å². The van der Waals surface area contributed by atoms with Gasteiger partial charge in [0.1, 0.15) is 12.7 Å². The Morgan fingerprint density at radius 2 is 1.25 bits per heavy atom. The molecule has 2 aromatic heterocycles. The largest absolute Gasteiger partial charge is 0.259 e. The molecule has 78 valence electrons. The van der Waals surface area contributed by atoms with Gasteiger partial charge in [-0.1, -0.05) is 24.3 Å². The monoisotopic (exact) mass is 212 g/mol. The average Bonchev–Trinajstić information content (AvgIpc) is 3.03. The maximum absolute atomic E-state index is 4.13. The Balaban J connectivity index is 2.19. The summed E-state index contributed by atoms with van der Waals surface area (Å²) in [6.45, 7) is 0. The molecule has 6 heteroatoms. The van der Waals surface area contributed by atoms with E-state index in [9.17, 15) is 0 Å². The molecule has 0 aliphatic heterocycles. The van der Waals surface area contributed by atoms with Gasteiger partial charge in [0, 0.05) is 11.1 Å². The first-order chi connectivity index (χ1) is 7.95. The van der Waals surface area contributed by atoms with Gasteiger partial charge in [-0.05, 0) is 0 Å². The molecule has 0 unspecified atom stereocenters. The molecule has 3 rings (SSSR count). The number of rotatable bonds is 2. The van der Waals surface area contributed by atoms with Crippen LogP contribution in [0.2, 0.25) is 0 Å². The van der Waals surface area contributed by atoms with Crippen LogP contribution in [0.15, 0.2) is 36.9 Å². The van der Waals surface area contributed by atoms with Crippen LogP contribution in [0.4, 0.5) is 0 Å². The van der Waals surface area contributed by atoms with Crippen molar-refractivity contribution in [1.82, 2.24) is 30.4 Å². The summed E-state index contributed by atoms with van der Waals surface area (Å²) in [5.74, 6) is 1.43. The Bertz CT molecular complexity index is 516. The molecule has 0 saturated heterocycles. The summed E-state index contributed by atoms with van der Waals surface area (Å²) in [7, 11) is 0. The van der Waals surface area contributed by atoms with Gasteiger partial charge in [-0.3, -0.25) is 10.2 Å². The number of aromatic amines is 2. The minimum Gasteiger partial charge on any atom is -0.259 e. The van der Waals surface area contributed by atoms with Crippen molar-refractivity contribution in [2.75, 3.05) is 0 Å². The van der Waals surface area contributed by atoms with Gasteiger partial charge in [0.05, 0.1) is 0 Å². The normalized spacial score (nSPS) is 10.5. The van der Waals surface area contributed by atoms with Gasteiger partial charge < -0.3 is 0 Å². The predicted octanol–water partition coefficient (Wildman–Crippen LogP) is 1.26. The molecule has 0 aliphatic carbocycles. The minimum atomic E-state index is 0.715. The summed E-state index contributed by atoms with van der Waals surface area (Å²) in [6, 6.07) is 7.80. The quantitative estimate of drug-likeness (QED) is 0.669. The summed E-state index contributed by atoms with van der Waals surface area (Å²) in [5.41, 5.74) is 1.88. The zero-order valence-corrected chi connectivity index (χ0v) is 8.25. The zero-order valence-electron chi connectivity index (χ0n) is 8.25. The number of benzene rings is 1. The molecule has 6 nitrogen and oxygen atoms in total. The van der Waals surface area contributed by atoms with Crippen molar-refractivity contribution in [3.05, 3.63) is 36.9 Å². The molecule has 0 atom stereocenters. The molecule has 0 fully saturated rings. The Morgan fingerprint density at radius 3 is 1.62 bits per heavy atom. The molecule has 0 radical (unpaired) electrons. The fourth-order valence-electron chi connectivity index (χ4n) is 1.57. The third kappa shape index (κ3) is 1.36. The van der Waals surface area contributed by atoms with E-state index in [0.29, 0.717) is 11.6 Å². The van der Waals surface area contributed by atoms with E-state index in [1.807, 2.05) is 24.3 Å². The molecule has 2 heterocycles. The highest BCUT2D eigenvalue weighted by atomic mass is 15.2. The highest BCUT2D eigenvalue weighted by molar-refractivity contribution is 5.76. The standard InChI is InChI=1S/C10H8N6/c1-2-4-8(10-12-6-14-16-10)7(3-1)9-11-5-13-15-9/h1-6H,(H,11,13,15)(H,12,14,16). The summed E-state index contributed by atoms with van der Waals surface area (Å²) in [6.07, 6.45) is 2.96.